The number of rotatable bonds is 5. The Kier molecular flexibility index (Phi) is 5.12. The molecule has 0 N–H and O–H groups in total. The molecule has 0 bridgehead atoms. The number of nitro groups is 1. The summed E-state index contributed by atoms with van der Waals surface area (Å²) in [7, 11) is -4.40. The summed E-state index contributed by atoms with van der Waals surface area (Å²) in [4.78, 5) is 9.59. The van der Waals surface area contributed by atoms with Crippen molar-refractivity contribution in [2.24, 2.45) is 0 Å². The number of hydrogen-bond donors (Lipinski definition) is 0. The topological polar surface area (TPSA) is 134 Å². The Labute approximate surface area is 143 Å². The number of nitro benzene ring substituents is 1. The summed E-state index contributed by atoms with van der Waals surface area (Å²) in [5.74, 6) is -0.0641. The monoisotopic (exact) mass is 355 g/mol. The van der Waals surface area contributed by atoms with Gasteiger partial charge in [-0.2, -0.15) is 18.9 Å². The van der Waals surface area contributed by atoms with E-state index in [1.165, 1.54) is 42.5 Å². The van der Waals surface area contributed by atoms with Crippen molar-refractivity contribution < 1.29 is 17.5 Å². The molecule has 0 aliphatic rings. The van der Waals surface area contributed by atoms with Gasteiger partial charge in [0.15, 0.2) is 4.90 Å². The molecular formula is C16H9N3O5S. The molecule has 0 aliphatic carbocycles. The Balaban J connectivity index is 2.31. The summed E-state index contributed by atoms with van der Waals surface area (Å²) < 4.78 is 29.4. The van der Waals surface area contributed by atoms with E-state index in [0.717, 1.165) is 12.1 Å². The first kappa shape index (κ1) is 17.7. The van der Waals surface area contributed by atoms with E-state index in [0.29, 0.717) is 5.56 Å². The van der Waals surface area contributed by atoms with Crippen LogP contribution in [0.1, 0.15) is 5.56 Å². The highest BCUT2D eigenvalue weighted by Gasteiger charge is 2.27. The van der Waals surface area contributed by atoms with Crippen LogP contribution >= 0.6 is 0 Å². The number of hydrogen-bond acceptors (Lipinski definition) is 7. The van der Waals surface area contributed by atoms with E-state index in [1.807, 2.05) is 0 Å². The first-order valence-corrected chi connectivity index (χ1v) is 8.08. The van der Waals surface area contributed by atoms with E-state index in [9.17, 15) is 18.5 Å². The van der Waals surface area contributed by atoms with Crippen LogP contribution in [0.2, 0.25) is 0 Å². The fraction of sp³-hybridized carbons (Fsp3) is 0. The average Bonchev–Trinajstić information content (AvgIpc) is 2.60. The van der Waals surface area contributed by atoms with E-state index in [2.05, 4.69) is 0 Å². The molecule has 0 heterocycles. The molecule has 0 saturated carbocycles. The lowest BCUT2D eigenvalue weighted by atomic mass is 10.1. The van der Waals surface area contributed by atoms with Crippen molar-refractivity contribution in [2.45, 2.75) is 4.90 Å². The van der Waals surface area contributed by atoms with Gasteiger partial charge in [-0.3, -0.25) is 10.1 Å². The van der Waals surface area contributed by atoms with Gasteiger partial charge in [0.2, 0.25) is 0 Å². The second-order valence-electron chi connectivity index (χ2n) is 4.61. The average molecular weight is 355 g/mol. The maximum atomic E-state index is 12.3. The van der Waals surface area contributed by atoms with Gasteiger partial charge >= 0.3 is 10.1 Å². The van der Waals surface area contributed by atoms with E-state index in [4.69, 9.17) is 14.7 Å². The lowest BCUT2D eigenvalue weighted by Crippen LogP contribution is -2.11. The van der Waals surface area contributed by atoms with Crippen LogP contribution in [0.4, 0.5) is 5.69 Å². The van der Waals surface area contributed by atoms with Crippen LogP contribution in [0.25, 0.3) is 6.08 Å². The van der Waals surface area contributed by atoms with Crippen molar-refractivity contribution in [3.05, 3.63) is 69.8 Å². The van der Waals surface area contributed by atoms with Gasteiger partial charge < -0.3 is 4.18 Å². The first-order chi connectivity index (χ1) is 11.9. The van der Waals surface area contributed by atoms with Crippen LogP contribution < -0.4 is 4.18 Å². The second-order valence-corrected chi connectivity index (χ2v) is 6.13. The van der Waals surface area contributed by atoms with E-state index >= 15 is 0 Å². The summed E-state index contributed by atoms with van der Waals surface area (Å²) in [6, 6.07) is 13.7. The molecular weight excluding hydrogens is 346 g/mol. The predicted molar refractivity (Wildman–Crippen MR) is 86.6 cm³/mol. The van der Waals surface area contributed by atoms with Gasteiger partial charge in [0.05, 0.1) is 4.92 Å². The predicted octanol–water partition coefficient (Wildman–Crippen LogP) is 2.79. The Hall–Kier alpha value is -3.69. The Morgan fingerprint density at radius 2 is 1.68 bits per heavy atom. The number of benzene rings is 2. The summed E-state index contributed by atoms with van der Waals surface area (Å²) in [5, 5.41) is 28.3. The standard InChI is InChI=1S/C16H9N3O5S/c17-10-13(11-18)9-12-5-7-14(8-6-12)24-25(22,23)16-4-2-1-3-15(16)19(20)21/h1-9H. The van der Waals surface area contributed by atoms with Crippen molar-refractivity contribution in [1.29, 1.82) is 10.5 Å². The number of nitriles is 2. The zero-order chi connectivity index (χ0) is 18.4. The Morgan fingerprint density at radius 1 is 1.08 bits per heavy atom. The van der Waals surface area contributed by atoms with Gasteiger partial charge in [-0.25, -0.2) is 0 Å². The molecule has 0 fully saturated rings. The fourth-order valence-corrected chi connectivity index (χ4v) is 2.96. The Bertz CT molecular complexity index is 1010. The molecule has 0 atom stereocenters. The lowest BCUT2D eigenvalue weighted by Gasteiger charge is -2.07. The van der Waals surface area contributed by atoms with E-state index < -0.39 is 25.6 Å². The van der Waals surface area contributed by atoms with Gasteiger partial charge in [0.1, 0.15) is 23.5 Å². The minimum atomic E-state index is -4.40. The highest BCUT2D eigenvalue weighted by Crippen LogP contribution is 2.26. The second kappa shape index (κ2) is 7.25. The highest BCUT2D eigenvalue weighted by atomic mass is 32.2. The molecule has 0 radical (unpaired) electrons. The normalized spacial score (nSPS) is 10.2. The van der Waals surface area contributed by atoms with Gasteiger partial charge in [-0.05, 0) is 29.8 Å². The van der Waals surface area contributed by atoms with Crippen molar-refractivity contribution >= 4 is 21.9 Å². The SMILES string of the molecule is N#CC(C#N)=Cc1ccc(OS(=O)(=O)c2ccccc2[N+](=O)[O-])cc1. The summed E-state index contributed by atoms with van der Waals surface area (Å²) >= 11 is 0. The lowest BCUT2D eigenvalue weighted by molar-refractivity contribution is -0.387. The van der Waals surface area contributed by atoms with Crippen LogP contribution in [-0.2, 0) is 10.1 Å². The fourth-order valence-electron chi connectivity index (χ4n) is 1.87. The number of nitrogens with zero attached hydrogens (tertiary/aromatic N) is 3. The Morgan fingerprint density at radius 3 is 2.24 bits per heavy atom. The largest absolute Gasteiger partial charge is 0.379 e. The van der Waals surface area contributed by atoms with Crippen molar-refractivity contribution in [1.82, 2.24) is 0 Å². The van der Waals surface area contributed by atoms with Crippen molar-refractivity contribution in [3.63, 3.8) is 0 Å². The number of para-hydroxylation sites is 1. The molecule has 0 amide bonds. The maximum absolute atomic E-state index is 12.3. The third-order valence-corrected chi connectivity index (χ3v) is 4.26. The van der Waals surface area contributed by atoms with Crippen LogP contribution in [-0.4, -0.2) is 13.3 Å². The summed E-state index contributed by atoms with van der Waals surface area (Å²) in [6.45, 7) is 0. The molecule has 25 heavy (non-hydrogen) atoms. The van der Waals surface area contributed by atoms with Crippen LogP contribution in [0.3, 0.4) is 0 Å². The molecule has 2 aromatic rings. The quantitative estimate of drug-likeness (QED) is 0.348. The van der Waals surface area contributed by atoms with Gasteiger partial charge in [0.25, 0.3) is 5.69 Å². The van der Waals surface area contributed by atoms with Gasteiger partial charge in [0, 0.05) is 6.07 Å². The molecule has 0 aliphatic heterocycles. The molecule has 0 spiro atoms. The van der Waals surface area contributed by atoms with Crippen LogP contribution in [0.15, 0.2) is 59.0 Å². The molecule has 0 saturated heterocycles. The molecule has 9 heteroatoms. The molecule has 2 rings (SSSR count). The third kappa shape index (κ3) is 4.19. The summed E-state index contributed by atoms with van der Waals surface area (Å²) in [6.07, 6.45) is 1.32. The summed E-state index contributed by atoms with van der Waals surface area (Å²) in [5.41, 5.74) is -0.204. The van der Waals surface area contributed by atoms with Crippen LogP contribution in [0.5, 0.6) is 5.75 Å². The molecule has 0 aromatic heterocycles. The van der Waals surface area contributed by atoms with E-state index in [1.54, 1.807) is 12.1 Å². The smallest absolute Gasteiger partial charge is 0.346 e. The highest BCUT2D eigenvalue weighted by molar-refractivity contribution is 7.87. The van der Waals surface area contributed by atoms with Gasteiger partial charge in [-0.1, -0.05) is 24.3 Å². The zero-order valence-electron chi connectivity index (χ0n) is 12.5. The molecule has 124 valence electrons. The molecule has 0 unspecified atom stereocenters. The van der Waals surface area contributed by atoms with Crippen molar-refractivity contribution in [3.8, 4) is 17.9 Å². The van der Waals surface area contributed by atoms with Crippen LogP contribution in [0, 0.1) is 32.8 Å². The van der Waals surface area contributed by atoms with E-state index in [-0.39, 0.29) is 11.3 Å². The molecule has 8 nitrogen and oxygen atoms in total. The zero-order valence-corrected chi connectivity index (χ0v) is 13.3. The number of allylic oxidation sites excluding steroid dienone is 1. The minimum absolute atomic E-state index is 0.0641. The maximum Gasteiger partial charge on any atom is 0.346 e. The van der Waals surface area contributed by atoms with Gasteiger partial charge in [-0.15, -0.1) is 0 Å². The minimum Gasteiger partial charge on any atom is -0.379 e. The first-order valence-electron chi connectivity index (χ1n) is 6.67. The third-order valence-electron chi connectivity index (χ3n) is 2.97. The molecule has 2 aromatic carbocycles. The van der Waals surface area contributed by atoms with Crippen molar-refractivity contribution in [2.75, 3.05) is 0 Å².